The molecule has 18 heavy (non-hydrogen) atoms. The molecule has 2 saturated heterocycles. The molecule has 2 atom stereocenters. The molecule has 2 aliphatic rings. The zero-order chi connectivity index (χ0) is 12.8. The predicted octanol–water partition coefficient (Wildman–Crippen LogP) is 2.53. The lowest BCUT2D eigenvalue weighted by Gasteiger charge is -2.37. The molecule has 0 aliphatic carbocycles. The summed E-state index contributed by atoms with van der Waals surface area (Å²) in [6, 6.07) is 5.97. The van der Waals surface area contributed by atoms with Crippen LogP contribution < -0.4 is 4.74 Å². The largest absolute Gasteiger partial charge is 0.496 e. The average Bonchev–Trinajstić information content (AvgIpc) is 2.69. The van der Waals surface area contributed by atoms with E-state index in [-0.39, 0.29) is 12.2 Å². The smallest absolute Gasteiger partial charge is 0.121 e. The van der Waals surface area contributed by atoms with Gasteiger partial charge in [0, 0.05) is 12.8 Å². The van der Waals surface area contributed by atoms with Gasteiger partial charge in [-0.05, 0) is 43.0 Å². The summed E-state index contributed by atoms with van der Waals surface area (Å²) in [6.07, 6.45) is 4.07. The van der Waals surface area contributed by atoms with Crippen LogP contribution in [0.1, 0.15) is 36.8 Å². The summed E-state index contributed by atoms with van der Waals surface area (Å²) in [6.45, 7) is 2.01. The van der Waals surface area contributed by atoms with Crippen molar-refractivity contribution < 1.29 is 14.6 Å². The molecule has 2 heterocycles. The molecular weight excluding hydrogens is 228 g/mol. The summed E-state index contributed by atoms with van der Waals surface area (Å²) in [7, 11) is 1.67. The van der Waals surface area contributed by atoms with Gasteiger partial charge in [-0.1, -0.05) is 6.07 Å². The van der Waals surface area contributed by atoms with Gasteiger partial charge in [-0.3, -0.25) is 0 Å². The highest BCUT2D eigenvalue weighted by atomic mass is 16.5. The SMILES string of the molecule is COc1ccc(C2(O)CC3CCC(C2)O3)cc1C. The van der Waals surface area contributed by atoms with Crippen molar-refractivity contribution in [3.8, 4) is 5.75 Å². The lowest BCUT2D eigenvalue weighted by atomic mass is 9.83. The normalized spacial score (nSPS) is 34.6. The molecule has 2 aliphatic heterocycles. The fourth-order valence-electron chi connectivity index (χ4n) is 3.32. The van der Waals surface area contributed by atoms with Crippen LogP contribution in [-0.2, 0) is 10.3 Å². The minimum atomic E-state index is -0.721. The molecule has 2 fully saturated rings. The van der Waals surface area contributed by atoms with Crippen molar-refractivity contribution >= 4 is 0 Å². The third-order valence-electron chi connectivity index (χ3n) is 4.26. The van der Waals surface area contributed by atoms with Crippen LogP contribution in [0.5, 0.6) is 5.75 Å². The van der Waals surface area contributed by atoms with E-state index >= 15 is 0 Å². The zero-order valence-electron chi connectivity index (χ0n) is 11.0. The Morgan fingerprint density at radius 3 is 2.50 bits per heavy atom. The summed E-state index contributed by atoms with van der Waals surface area (Å²) < 4.78 is 11.1. The van der Waals surface area contributed by atoms with Crippen molar-refractivity contribution in [2.75, 3.05) is 7.11 Å². The van der Waals surface area contributed by atoms with Crippen molar-refractivity contribution in [1.82, 2.24) is 0 Å². The number of methoxy groups -OCH3 is 1. The van der Waals surface area contributed by atoms with Crippen LogP contribution in [0.3, 0.4) is 0 Å². The van der Waals surface area contributed by atoms with Crippen molar-refractivity contribution in [2.24, 2.45) is 0 Å². The van der Waals surface area contributed by atoms with Crippen LogP contribution >= 0.6 is 0 Å². The maximum Gasteiger partial charge on any atom is 0.121 e. The lowest BCUT2D eigenvalue weighted by molar-refractivity contribution is -0.115. The Kier molecular flexibility index (Phi) is 2.83. The van der Waals surface area contributed by atoms with E-state index in [1.54, 1.807) is 7.11 Å². The van der Waals surface area contributed by atoms with E-state index < -0.39 is 5.60 Å². The molecule has 0 saturated carbocycles. The first kappa shape index (κ1) is 12.0. The standard InChI is InChI=1S/C15H20O3/c1-10-7-11(3-6-14(10)17-2)15(16)8-12-4-5-13(9-15)18-12/h3,6-7,12-13,16H,4-5,8-9H2,1-2H3. The van der Waals surface area contributed by atoms with Crippen molar-refractivity contribution in [3.05, 3.63) is 29.3 Å². The Balaban J connectivity index is 1.91. The van der Waals surface area contributed by atoms with Crippen LogP contribution in [0, 0.1) is 6.92 Å². The Bertz CT molecular complexity index is 443. The lowest BCUT2D eigenvalue weighted by Crippen LogP contribution is -2.38. The number of hydrogen-bond acceptors (Lipinski definition) is 3. The fraction of sp³-hybridized carbons (Fsp3) is 0.600. The molecule has 1 aromatic rings. The summed E-state index contributed by atoms with van der Waals surface area (Å²) >= 11 is 0. The molecule has 0 radical (unpaired) electrons. The number of rotatable bonds is 2. The summed E-state index contributed by atoms with van der Waals surface area (Å²) in [5.74, 6) is 0.873. The number of ether oxygens (including phenoxy) is 2. The number of aliphatic hydroxyl groups is 1. The Morgan fingerprint density at radius 1 is 1.28 bits per heavy atom. The molecule has 98 valence electrons. The molecule has 2 unspecified atom stereocenters. The Labute approximate surface area is 108 Å². The average molecular weight is 248 g/mol. The molecule has 2 bridgehead atoms. The minimum Gasteiger partial charge on any atom is -0.496 e. The Morgan fingerprint density at radius 2 is 1.94 bits per heavy atom. The van der Waals surface area contributed by atoms with Crippen LogP contribution in [0.2, 0.25) is 0 Å². The van der Waals surface area contributed by atoms with Gasteiger partial charge < -0.3 is 14.6 Å². The number of benzene rings is 1. The number of fused-ring (bicyclic) bond motifs is 2. The maximum absolute atomic E-state index is 10.9. The predicted molar refractivity (Wildman–Crippen MR) is 68.8 cm³/mol. The molecule has 0 aromatic heterocycles. The zero-order valence-corrected chi connectivity index (χ0v) is 11.0. The third-order valence-corrected chi connectivity index (χ3v) is 4.26. The fourth-order valence-corrected chi connectivity index (χ4v) is 3.32. The van der Waals surface area contributed by atoms with E-state index in [1.165, 1.54) is 0 Å². The van der Waals surface area contributed by atoms with E-state index in [9.17, 15) is 5.11 Å². The number of hydrogen-bond donors (Lipinski definition) is 1. The molecule has 3 nitrogen and oxygen atoms in total. The van der Waals surface area contributed by atoms with Gasteiger partial charge >= 0.3 is 0 Å². The van der Waals surface area contributed by atoms with Gasteiger partial charge in [-0.25, -0.2) is 0 Å². The summed E-state index contributed by atoms with van der Waals surface area (Å²) in [5, 5.41) is 10.9. The first-order valence-electron chi connectivity index (χ1n) is 6.64. The molecule has 1 N–H and O–H groups in total. The molecule has 3 heteroatoms. The van der Waals surface area contributed by atoms with E-state index in [4.69, 9.17) is 9.47 Å². The van der Waals surface area contributed by atoms with Gasteiger partial charge in [-0.15, -0.1) is 0 Å². The second kappa shape index (κ2) is 4.25. The van der Waals surface area contributed by atoms with E-state index in [0.29, 0.717) is 0 Å². The summed E-state index contributed by atoms with van der Waals surface area (Å²) in [5.41, 5.74) is 1.35. The van der Waals surface area contributed by atoms with Gasteiger partial charge in [0.15, 0.2) is 0 Å². The van der Waals surface area contributed by atoms with Crippen LogP contribution in [0.25, 0.3) is 0 Å². The maximum atomic E-state index is 10.9. The highest BCUT2D eigenvalue weighted by Crippen LogP contribution is 2.44. The topological polar surface area (TPSA) is 38.7 Å². The monoisotopic (exact) mass is 248 g/mol. The first-order chi connectivity index (χ1) is 8.60. The molecular formula is C15H20O3. The van der Waals surface area contributed by atoms with Crippen LogP contribution in [0.15, 0.2) is 18.2 Å². The quantitative estimate of drug-likeness (QED) is 0.874. The van der Waals surface area contributed by atoms with Gasteiger partial charge in [0.1, 0.15) is 5.75 Å². The van der Waals surface area contributed by atoms with Crippen LogP contribution in [-0.4, -0.2) is 24.4 Å². The van der Waals surface area contributed by atoms with Gasteiger partial charge in [0.2, 0.25) is 0 Å². The van der Waals surface area contributed by atoms with Crippen molar-refractivity contribution in [3.63, 3.8) is 0 Å². The first-order valence-corrected chi connectivity index (χ1v) is 6.64. The van der Waals surface area contributed by atoms with Crippen LogP contribution in [0.4, 0.5) is 0 Å². The third kappa shape index (κ3) is 1.91. The highest BCUT2D eigenvalue weighted by molar-refractivity contribution is 5.38. The van der Waals surface area contributed by atoms with E-state index in [0.717, 1.165) is 42.6 Å². The van der Waals surface area contributed by atoms with Gasteiger partial charge in [0.05, 0.1) is 24.9 Å². The molecule has 0 spiro atoms. The van der Waals surface area contributed by atoms with Gasteiger partial charge in [0.25, 0.3) is 0 Å². The van der Waals surface area contributed by atoms with Gasteiger partial charge in [-0.2, -0.15) is 0 Å². The second-order valence-electron chi connectivity index (χ2n) is 5.58. The van der Waals surface area contributed by atoms with Crippen molar-refractivity contribution in [1.29, 1.82) is 0 Å². The molecule has 0 amide bonds. The minimum absolute atomic E-state index is 0.233. The second-order valence-corrected chi connectivity index (χ2v) is 5.58. The molecule has 3 rings (SSSR count). The summed E-state index contributed by atoms with van der Waals surface area (Å²) in [4.78, 5) is 0. The van der Waals surface area contributed by atoms with Crippen molar-refractivity contribution in [2.45, 2.75) is 50.4 Å². The number of aryl methyl sites for hydroxylation is 1. The Hall–Kier alpha value is -1.06. The molecule has 1 aromatic carbocycles. The van der Waals surface area contributed by atoms with E-state index in [2.05, 4.69) is 0 Å². The highest BCUT2D eigenvalue weighted by Gasteiger charge is 2.44. The van der Waals surface area contributed by atoms with E-state index in [1.807, 2.05) is 25.1 Å².